The topological polar surface area (TPSA) is 63.4 Å². The van der Waals surface area contributed by atoms with Crippen molar-refractivity contribution in [3.8, 4) is 0 Å². The standard InChI is InChI=1S/C10H10N2O2S/c11-7-1-2-9-8(5-7)12(3-4-13)10(14)6-15-9/h1-2,4-5H,3,6,11H2. The van der Waals surface area contributed by atoms with Gasteiger partial charge in [-0.15, -0.1) is 11.8 Å². The van der Waals surface area contributed by atoms with E-state index in [1.165, 1.54) is 16.7 Å². The summed E-state index contributed by atoms with van der Waals surface area (Å²) in [5.41, 5.74) is 6.99. The van der Waals surface area contributed by atoms with Crippen molar-refractivity contribution < 1.29 is 9.59 Å². The molecular weight excluding hydrogens is 212 g/mol. The van der Waals surface area contributed by atoms with Crippen molar-refractivity contribution in [2.45, 2.75) is 4.90 Å². The molecule has 5 heteroatoms. The number of carbonyl (C=O) groups excluding carboxylic acids is 2. The highest BCUT2D eigenvalue weighted by Gasteiger charge is 2.24. The Balaban J connectivity index is 2.45. The molecule has 0 unspecified atom stereocenters. The van der Waals surface area contributed by atoms with Crippen LogP contribution in [0, 0.1) is 0 Å². The minimum absolute atomic E-state index is 0.0507. The van der Waals surface area contributed by atoms with Gasteiger partial charge in [-0.25, -0.2) is 0 Å². The van der Waals surface area contributed by atoms with E-state index >= 15 is 0 Å². The van der Waals surface area contributed by atoms with Crippen LogP contribution in [0.2, 0.25) is 0 Å². The molecule has 0 saturated carbocycles. The number of aldehydes is 1. The van der Waals surface area contributed by atoms with Crippen LogP contribution >= 0.6 is 11.8 Å². The summed E-state index contributed by atoms with van der Waals surface area (Å²) in [5.74, 6) is 0.329. The highest BCUT2D eigenvalue weighted by Crippen LogP contribution is 2.36. The molecule has 0 fully saturated rings. The molecule has 1 aromatic rings. The first-order chi connectivity index (χ1) is 7.22. The molecule has 0 saturated heterocycles. The number of rotatable bonds is 2. The van der Waals surface area contributed by atoms with E-state index < -0.39 is 0 Å². The van der Waals surface area contributed by atoms with Crippen LogP contribution < -0.4 is 10.6 Å². The quantitative estimate of drug-likeness (QED) is 0.596. The maximum atomic E-state index is 11.6. The molecule has 0 radical (unpaired) electrons. The molecule has 1 aliphatic rings. The van der Waals surface area contributed by atoms with Crippen LogP contribution in [0.15, 0.2) is 23.1 Å². The smallest absolute Gasteiger partial charge is 0.237 e. The van der Waals surface area contributed by atoms with Gasteiger partial charge in [-0.2, -0.15) is 0 Å². The summed E-state index contributed by atoms with van der Waals surface area (Å²) in [5, 5.41) is 0. The number of thioether (sulfide) groups is 1. The van der Waals surface area contributed by atoms with Gasteiger partial charge < -0.3 is 15.4 Å². The molecular formula is C10H10N2O2S. The van der Waals surface area contributed by atoms with Gasteiger partial charge in [0.2, 0.25) is 5.91 Å². The van der Waals surface area contributed by atoms with Crippen LogP contribution in [0.3, 0.4) is 0 Å². The predicted molar refractivity (Wildman–Crippen MR) is 60.0 cm³/mol. The van der Waals surface area contributed by atoms with Crippen molar-refractivity contribution in [2.75, 3.05) is 22.9 Å². The first kappa shape index (κ1) is 10.0. The molecule has 2 N–H and O–H groups in total. The maximum absolute atomic E-state index is 11.6. The first-order valence-electron chi connectivity index (χ1n) is 4.48. The average Bonchev–Trinajstić information content (AvgIpc) is 2.23. The fourth-order valence-corrected chi connectivity index (χ4v) is 2.41. The van der Waals surface area contributed by atoms with Crippen LogP contribution in [0.5, 0.6) is 0 Å². The van der Waals surface area contributed by atoms with Crippen molar-refractivity contribution in [1.29, 1.82) is 0 Å². The second kappa shape index (κ2) is 3.94. The number of carbonyl (C=O) groups is 2. The van der Waals surface area contributed by atoms with Gasteiger partial charge in [0.25, 0.3) is 0 Å². The largest absolute Gasteiger partial charge is 0.399 e. The Labute approximate surface area is 91.4 Å². The number of hydrogen-bond donors (Lipinski definition) is 1. The number of nitrogens with two attached hydrogens (primary N) is 1. The number of benzene rings is 1. The normalized spacial score (nSPS) is 14.9. The van der Waals surface area contributed by atoms with E-state index in [2.05, 4.69) is 0 Å². The van der Waals surface area contributed by atoms with Crippen LogP contribution in [0.1, 0.15) is 0 Å². The lowest BCUT2D eigenvalue weighted by molar-refractivity contribution is -0.117. The van der Waals surface area contributed by atoms with Crippen molar-refractivity contribution >= 4 is 35.3 Å². The Morgan fingerprint density at radius 3 is 3.07 bits per heavy atom. The molecule has 1 amide bonds. The summed E-state index contributed by atoms with van der Waals surface area (Å²) >= 11 is 1.47. The molecule has 1 aromatic carbocycles. The minimum atomic E-state index is -0.0507. The first-order valence-corrected chi connectivity index (χ1v) is 5.47. The van der Waals surface area contributed by atoms with Gasteiger partial charge in [-0.3, -0.25) is 4.79 Å². The van der Waals surface area contributed by atoms with E-state index in [1.54, 1.807) is 12.1 Å². The number of amides is 1. The van der Waals surface area contributed by atoms with Crippen molar-refractivity contribution in [3.63, 3.8) is 0 Å². The number of nitrogens with zero attached hydrogens (tertiary/aromatic N) is 1. The van der Waals surface area contributed by atoms with Crippen LogP contribution in [-0.2, 0) is 9.59 Å². The van der Waals surface area contributed by atoms with E-state index in [-0.39, 0.29) is 12.5 Å². The summed E-state index contributed by atoms with van der Waals surface area (Å²) in [7, 11) is 0. The van der Waals surface area contributed by atoms with Crippen molar-refractivity contribution in [2.24, 2.45) is 0 Å². The third-order valence-electron chi connectivity index (χ3n) is 2.18. The van der Waals surface area contributed by atoms with Gasteiger partial charge in [-0.05, 0) is 18.2 Å². The highest BCUT2D eigenvalue weighted by atomic mass is 32.2. The Hall–Kier alpha value is -1.49. The molecule has 1 aliphatic heterocycles. The molecule has 0 atom stereocenters. The molecule has 0 aromatic heterocycles. The maximum Gasteiger partial charge on any atom is 0.237 e. The fraction of sp³-hybridized carbons (Fsp3) is 0.200. The number of anilines is 2. The second-order valence-corrected chi connectivity index (χ2v) is 4.20. The molecule has 0 spiro atoms. The molecule has 0 bridgehead atoms. The minimum Gasteiger partial charge on any atom is -0.399 e. The molecule has 78 valence electrons. The summed E-state index contributed by atoms with van der Waals surface area (Å²) in [4.78, 5) is 24.5. The summed E-state index contributed by atoms with van der Waals surface area (Å²) < 4.78 is 0. The van der Waals surface area contributed by atoms with Gasteiger partial charge in [0.05, 0.1) is 18.0 Å². The number of nitrogen functional groups attached to an aromatic ring is 1. The third kappa shape index (κ3) is 1.83. The van der Waals surface area contributed by atoms with E-state index in [0.717, 1.165) is 16.9 Å². The second-order valence-electron chi connectivity index (χ2n) is 3.19. The van der Waals surface area contributed by atoms with E-state index in [0.29, 0.717) is 11.4 Å². The van der Waals surface area contributed by atoms with Crippen LogP contribution in [-0.4, -0.2) is 24.5 Å². The Kier molecular flexibility index (Phi) is 2.64. The van der Waals surface area contributed by atoms with Crippen LogP contribution in [0.4, 0.5) is 11.4 Å². The van der Waals surface area contributed by atoms with E-state index in [9.17, 15) is 9.59 Å². The third-order valence-corrected chi connectivity index (χ3v) is 3.23. The van der Waals surface area contributed by atoms with Gasteiger partial charge in [0, 0.05) is 10.6 Å². The Bertz CT molecular complexity index is 420. The Morgan fingerprint density at radius 2 is 2.33 bits per heavy atom. The van der Waals surface area contributed by atoms with Crippen molar-refractivity contribution in [3.05, 3.63) is 18.2 Å². The number of hydrogen-bond acceptors (Lipinski definition) is 4. The fourth-order valence-electron chi connectivity index (χ4n) is 1.49. The van der Waals surface area contributed by atoms with Crippen LogP contribution in [0.25, 0.3) is 0 Å². The van der Waals surface area contributed by atoms with Gasteiger partial charge in [0.15, 0.2) is 0 Å². The summed E-state index contributed by atoms with van der Waals surface area (Å²) in [6.07, 6.45) is 0.723. The van der Waals surface area contributed by atoms with Gasteiger partial charge in [-0.1, -0.05) is 0 Å². The van der Waals surface area contributed by atoms with Gasteiger partial charge >= 0.3 is 0 Å². The number of fused-ring (bicyclic) bond motifs is 1. The van der Waals surface area contributed by atoms with E-state index in [1.807, 2.05) is 6.07 Å². The Morgan fingerprint density at radius 1 is 1.53 bits per heavy atom. The lowest BCUT2D eigenvalue weighted by Crippen LogP contribution is -2.36. The van der Waals surface area contributed by atoms with Crippen molar-refractivity contribution in [1.82, 2.24) is 0 Å². The van der Waals surface area contributed by atoms with E-state index in [4.69, 9.17) is 5.73 Å². The SMILES string of the molecule is Nc1ccc2c(c1)N(CC=O)C(=O)CS2. The molecule has 15 heavy (non-hydrogen) atoms. The monoisotopic (exact) mass is 222 g/mol. The predicted octanol–water partition coefficient (Wildman–Crippen LogP) is 0.906. The zero-order valence-corrected chi connectivity index (χ0v) is 8.79. The zero-order valence-electron chi connectivity index (χ0n) is 7.97. The lowest BCUT2D eigenvalue weighted by Gasteiger charge is -2.27. The molecule has 0 aliphatic carbocycles. The average molecular weight is 222 g/mol. The molecule has 4 nitrogen and oxygen atoms in total. The summed E-state index contributed by atoms with van der Waals surface area (Å²) in [6.45, 7) is 0.0931. The summed E-state index contributed by atoms with van der Waals surface area (Å²) in [6, 6.07) is 5.39. The lowest BCUT2D eigenvalue weighted by atomic mass is 10.2. The molecule has 1 heterocycles. The zero-order chi connectivity index (χ0) is 10.8. The highest BCUT2D eigenvalue weighted by molar-refractivity contribution is 8.00. The molecule has 2 rings (SSSR count). The van der Waals surface area contributed by atoms with Gasteiger partial charge in [0.1, 0.15) is 6.29 Å².